The first-order chi connectivity index (χ1) is 12.9. The second-order valence-electron chi connectivity index (χ2n) is 6.74. The predicted octanol–water partition coefficient (Wildman–Crippen LogP) is 3.54. The molecule has 1 heterocycles. The standard InChI is InChI=1S/C21H24N2O4/c1-4-27-21(26)17-12-18-19(22-13(2)23(18)3)20(25)16(17)10-6-8-14-7-5-9-15(24)11-14/h5,7,9,12,25H,4,6,8,10-11H2,1-3H3. The predicted molar refractivity (Wildman–Crippen MR) is 103 cm³/mol. The van der Waals surface area contributed by atoms with Crippen molar-refractivity contribution >= 4 is 22.8 Å². The van der Waals surface area contributed by atoms with E-state index in [1.807, 2.05) is 24.6 Å². The lowest BCUT2D eigenvalue weighted by molar-refractivity contribution is -0.114. The number of esters is 1. The van der Waals surface area contributed by atoms with Gasteiger partial charge in [0.25, 0.3) is 0 Å². The van der Waals surface area contributed by atoms with Gasteiger partial charge in [0, 0.05) is 19.0 Å². The lowest BCUT2D eigenvalue weighted by atomic mass is 9.95. The number of aromatic hydroxyl groups is 1. The van der Waals surface area contributed by atoms with Crippen LogP contribution in [0, 0.1) is 6.92 Å². The molecule has 0 fully saturated rings. The molecule has 0 atom stereocenters. The van der Waals surface area contributed by atoms with Crippen LogP contribution >= 0.6 is 0 Å². The Bertz CT molecular complexity index is 966. The number of hydrogen-bond donors (Lipinski definition) is 1. The SMILES string of the molecule is CCOC(=O)c1cc2c(nc(C)n2C)c(O)c1CCCC1=CC=CC(=O)C1. The number of rotatable bonds is 6. The number of phenols is 1. The van der Waals surface area contributed by atoms with Gasteiger partial charge in [-0.15, -0.1) is 0 Å². The Balaban J connectivity index is 1.92. The number of imidazole rings is 1. The summed E-state index contributed by atoms with van der Waals surface area (Å²) in [5, 5.41) is 10.8. The summed E-state index contributed by atoms with van der Waals surface area (Å²) in [4.78, 5) is 28.4. The number of nitrogens with zero attached hydrogens (tertiary/aromatic N) is 2. The van der Waals surface area contributed by atoms with Gasteiger partial charge in [0.05, 0.1) is 17.7 Å². The third-order valence-corrected chi connectivity index (χ3v) is 4.91. The molecular formula is C21H24N2O4. The van der Waals surface area contributed by atoms with E-state index in [1.54, 1.807) is 25.1 Å². The van der Waals surface area contributed by atoms with Gasteiger partial charge in [-0.05, 0) is 45.3 Å². The molecule has 0 bridgehead atoms. The number of carbonyl (C=O) groups is 2. The molecule has 1 aliphatic rings. The van der Waals surface area contributed by atoms with E-state index in [0.717, 1.165) is 17.8 Å². The number of aromatic nitrogens is 2. The van der Waals surface area contributed by atoms with Gasteiger partial charge in [-0.3, -0.25) is 4.79 Å². The Morgan fingerprint density at radius 1 is 1.37 bits per heavy atom. The minimum absolute atomic E-state index is 0.0350. The normalized spacial score (nSPS) is 13.9. The largest absolute Gasteiger partial charge is 0.505 e. The Morgan fingerprint density at radius 2 is 2.15 bits per heavy atom. The van der Waals surface area contributed by atoms with E-state index in [0.29, 0.717) is 41.4 Å². The van der Waals surface area contributed by atoms with E-state index in [-0.39, 0.29) is 18.1 Å². The quantitative estimate of drug-likeness (QED) is 0.789. The molecule has 0 saturated heterocycles. The molecule has 27 heavy (non-hydrogen) atoms. The molecule has 1 aromatic carbocycles. The molecule has 0 spiro atoms. The van der Waals surface area contributed by atoms with Crippen LogP contribution in [0.2, 0.25) is 0 Å². The molecule has 1 aliphatic carbocycles. The lowest BCUT2D eigenvalue weighted by Gasteiger charge is -2.13. The summed E-state index contributed by atoms with van der Waals surface area (Å²) >= 11 is 0. The maximum Gasteiger partial charge on any atom is 0.338 e. The minimum Gasteiger partial charge on any atom is -0.505 e. The summed E-state index contributed by atoms with van der Waals surface area (Å²) in [5.41, 5.74) is 3.18. The molecule has 1 N–H and O–H groups in total. The van der Waals surface area contributed by atoms with Crippen LogP contribution < -0.4 is 0 Å². The van der Waals surface area contributed by atoms with E-state index >= 15 is 0 Å². The highest BCUT2D eigenvalue weighted by atomic mass is 16.5. The minimum atomic E-state index is -0.446. The third kappa shape index (κ3) is 3.79. The van der Waals surface area contributed by atoms with Crippen LogP contribution in [0.3, 0.4) is 0 Å². The van der Waals surface area contributed by atoms with Crippen LogP contribution in [0.15, 0.2) is 29.9 Å². The summed E-state index contributed by atoms with van der Waals surface area (Å²) in [7, 11) is 1.85. The maximum absolute atomic E-state index is 12.5. The van der Waals surface area contributed by atoms with Gasteiger partial charge < -0.3 is 14.4 Å². The average Bonchev–Trinajstić information content (AvgIpc) is 2.92. The van der Waals surface area contributed by atoms with Gasteiger partial charge in [0.1, 0.15) is 17.1 Å². The average molecular weight is 368 g/mol. The molecule has 6 nitrogen and oxygen atoms in total. The number of phenolic OH excluding ortho intramolecular Hbond substituents is 1. The Labute approximate surface area is 158 Å². The molecular weight excluding hydrogens is 344 g/mol. The molecule has 142 valence electrons. The Morgan fingerprint density at radius 3 is 2.85 bits per heavy atom. The first kappa shape index (κ1) is 18.9. The molecule has 0 unspecified atom stereocenters. The summed E-state index contributed by atoms with van der Waals surface area (Å²) in [6.45, 7) is 3.87. The smallest absolute Gasteiger partial charge is 0.338 e. The van der Waals surface area contributed by atoms with E-state index in [2.05, 4.69) is 4.98 Å². The van der Waals surface area contributed by atoms with Gasteiger partial charge in [0.2, 0.25) is 0 Å². The fourth-order valence-electron chi connectivity index (χ4n) is 3.40. The maximum atomic E-state index is 12.5. The second kappa shape index (κ2) is 7.78. The summed E-state index contributed by atoms with van der Waals surface area (Å²) < 4.78 is 7.02. The van der Waals surface area contributed by atoms with E-state index < -0.39 is 5.97 Å². The number of benzene rings is 1. The van der Waals surface area contributed by atoms with E-state index in [1.165, 1.54) is 0 Å². The molecule has 0 amide bonds. The topological polar surface area (TPSA) is 81.4 Å². The second-order valence-corrected chi connectivity index (χ2v) is 6.74. The van der Waals surface area contributed by atoms with Gasteiger partial charge in [-0.25, -0.2) is 9.78 Å². The highest BCUT2D eigenvalue weighted by molar-refractivity contribution is 5.98. The van der Waals surface area contributed by atoms with E-state index in [4.69, 9.17) is 4.74 Å². The van der Waals surface area contributed by atoms with Crippen LogP contribution in [-0.4, -0.2) is 33.0 Å². The van der Waals surface area contributed by atoms with Gasteiger partial charge >= 0.3 is 5.97 Å². The fourth-order valence-corrected chi connectivity index (χ4v) is 3.40. The van der Waals surface area contributed by atoms with Crippen molar-refractivity contribution in [2.24, 2.45) is 7.05 Å². The summed E-state index contributed by atoms with van der Waals surface area (Å²) in [6.07, 6.45) is 7.68. The van der Waals surface area contributed by atoms with Crippen LogP contribution in [0.4, 0.5) is 0 Å². The van der Waals surface area contributed by atoms with Crippen LogP contribution in [0.1, 0.15) is 47.9 Å². The lowest BCUT2D eigenvalue weighted by Crippen LogP contribution is -2.09. The third-order valence-electron chi connectivity index (χ3n) is 4.91. The molecule has 2 aromatic rings. The first-order valence-electron chi connectivity index (χ1n) is 9.16. The number of allylic oxidation sites excluding steroid dienone is 4. The number of hydrogen-bond acceptors (Lipinski definition) is 5. The van der Waals surface area contributed by atoms with Crippen molar-refractivity contribution in [2.75, 3.05) is 6.61 Å². The number of aryl methyl sites for hydroxylation is 2. The van der Waals surface area contributed by atoms with Gasteiger partial charge in [-0.1, -0.05) is 17.7 Å². The molecule has 1 aromatic heterocycles. The zero-order valence-corrected chi connectivity index (χ0v) is 15.9. The highest BCUT2D eigenvalue weighted by Crippen LogP contribution is 2.33. The summed E-state index contributed by atoms with van der Waals surface area (Å²) in [5.74, 6) is 0.448. The van der Waals surface area contributed by atoms with Crippen molar-refractivity contribution in [1.82, 2.24) is 9.55 Å². The fraction of sp³-hybridized carbons (Fsp3) is 0.381. The zero-order chi connectivity index (χ0) is 19.6. The van der Waals surface area contributed by atoms with Crippen molar-refractivity contribution in [3.8, 4) is 5.75 Å². The molecule has 3 rings (SSSR count). The Hall–Kier alpha value is -2.89. The monoisotopic (exact) mass is 368 g/mol. The molecule has 6 heteroatoms. The highest BCUT2D eigenvalue weighted by Gasteiger charge is 2.22. The van der Waals surface area contributed by atoms with Gasteiger partial charge in [-0.2, -0.15) is 0 Å². The van der Waals surface area contributed by atoms with Crippen molar-refractivity contribution < 1.29 is 19.4 Å². The van der Waals surface area contributed by atoms with Gasteiger partial charge in [0.15, 0.2) is 5.78 Å². The molecule has 0 radical (unpaired) electrons. The van der Waals surface area contributed by atoms with Crippen molar-refractivity contribution in [3.05, 3.63) is 46.8 Å². The number of ether oxygens (including phenoxy) is 1. The van der Waals surface area contributed by atoms with E-state index in [9.17, 15) is 14.7 Å². The molecule has 0 aliphatic heterocycles. The van der Waals surface area contributed by atoms with Crippen molar-refractivity contribution in [3.63, 3.8) is 0 Å². The van der Waals surface area contributed by atoms with Crippen molar-refractivity contribution in [1.29, 1.82) is 0 Å². The van der Waals surface area contributed by atoms with Crippen molar-refractivity contribution in [2.45, 2.75) is 39.5 Å². The number of fused-ring (bicyclic) bond motifs is 1. The summed E-state index contributed by atoms with van der Waals surface area (Å²) in [6, 6.07) is 1.74. The number of ketones is 1. The molecule has 0 saturated carbocycles. The van der Waals surface area contributed by atoms with Crippen LogP contribution in [0.5, 0.6) is 5.75 Å². The Kier molecular flexibility index (Phi) is 5.44. The number of carbonyl (C=O) groups excluding carboxylic acids is 2. The van der Waals surface area contributed by atoms with Crippen LogP contribution in [-0.2, 0) is 23.0 Å². The first-order valence-corrected chi connectivity index (χ1v) is 9.16. The zero-order valence-electron chi connectivity index (χ0n) is 15.9. The van der Waals surface area contributed by atoms with Crippen LogP contribution in [0.25, 0.3) is 11.0 Å².